The van der Waals surface area contributed by atoms with Gasteiger partial charge in [0.2, 0.25) is 5.88 Å². The fourth-order valence-corrected chi connectivity index (χ4v) is 2.58. The number of benzene rings is 1. The van der Waals surface area contributed by atoms with E-state index in [0.717, 1.165) is 0 Å². The van der Waals surface area contributed by atoms with Gasteiger partial charge in [-0.3, -0.25) is 4.79 Å². The van der Waals surface area contributed by atoms with Crippen LogP contribution in [-0.2, 0) is 19.1 Å². The van der Waals surface area contributed by atoms with Gasteiger partial charge in [-0.15, -0.1) is 0 Å². The Morgan fingerprint density at radius 3 is 2.50 bits per heavy atom. The third-order valence-corrected chi connectivity index (χ3v) is 3.70. The molecular weight excluding hydrogens is 338 g/mol. The van der Waals surface area contributed by atoms with Crippen LogP contribution in [0, 0.1) is 11.3 Å². The fraction of sp³-hybridized carbons (Fsp3) is 0.278. The molecule has 1 aromatic rings. The standard InChI is InChI=1S/C18H19N3O5/c1-3-24-18(23)16-15(13(8-19)10(2)26-17(16)21)11-4-6-12(7-5-11)25-9-14(20)22/h4-7,15H,3,9,21H2,1-2H3,(H2,20,22). The minimum atomic E-state index is -0.724. The predicted octanol–water partition coefficient (Wildman–Crippen LogP) is 1.20. The molecule has 0 fully saturated rings. The Hall–Kier alpha value is -3.47. The molecule has 0 saturated carbocycles. The van der Waals surface area contributed by atoms with Crippen LogP contribution < -0.4 is 16.2 Å². The Morgan fingerprint density at radius 2 is 1.96 bits per heavy atom. The maximum absolute atomic E-state index is 12.4. The van der Waals surface area contributed by atoms with Gasteiger partial charge in [0.05, 0.1) is 24.2 Å². The number of hydrogen-bond acceptors (Lipinski definition) is 7. The van der Waals surface area contributed by atoms with Crippen molar-refractivity contribution in [1.82, 2.24) is 0 Å². The van der Waals surface area contributed by atoms with E-state index in [0.29, 0.717) is 17.1 Å². The molecular formula is C18H19N3O5. The molecule has 1 unspecified atom stereocenters. The van der Waals surface area contributed by atoms with E-state index in [1.54, 1.807) is 38.1 Å². The van der Waals surface area contributed by atoms with Crippen molar-refractivity contribution in [3.8, 4) is 11.8 Å². The van der Waals surface area contributed by atoms with E-state index in [1.807, 2.05) is 0 Å². The Balaban J connectivity index is 2.43. The molecule has 1 amide bonds. The van der Waals surface area contributed by atoms with Crippen molar-refractivity contribution in [2.75, 3.05) is 13.2 Å². The van der Waals surface area contributed by atoms with Gasteiger partial charge in [-0.25, -0.2) is 4.79 Å². The van der Waals surface area contributed by atoms with E-state index >= 15 is 0 Å². The van der Waals surface area contributed by atoms with Gasteiger partial charge in [-0.2, -0.15) is 5.26 Å². The summed E-state index contributed by atoms with van der Waals surface area (Å²) in [6, 6.07) is 8.63. The summed E-state index contributed by atoms with van der Waals surface area (Å²) in [6.45, 7) is 3.18. The number of allylic oxidation sites excluding steroid dienone is 2. The summed E-state index contributed by atoms with van der Waals surface area (Å²) in [5.74, 6) is -1.32. The van der Waals surface area contributed by atoms with Gasteiger partial charge in [0.1, 0.15) is 17.1 Å². The van der Waals surface area contributed by atoms with Crippen molar-refractivity contribution < 1.29 is 23.8 Å². The van der Waals surface area contributed by atoms with E-state index in [9.17, 15) is 14.9 Å². The number of nitrogens with two attached hydrogens (primary N) is 2. The molecule has 0 aliphatic carbocycles. The lowest BCUT2D eigenvalue weighted by Gasteiger charge is -2.26. The van der Waals surface area contributed by atoms with Gasteiger partial charge in [-0.1, -0.05) is 12.1 Å². The number of ether oxygens (including phenoxy) is 3. The zero-order valence-corrected chi connectivity index (χ0v) is 14.4. The summed E-state index contributed by atoms with van der Waals surface area (Å²) in [5.41, 5.74) is 11.9. The second-order valence-corrected chi connectivity index (χ2v) is 5.44. The Kier molecular flexibility index (Phi) is 5.86. The SMILES string of the molecule is CCOC(=O)C1=C(N)OC(C)=C(C#N)C1c1ccc(OCC(N)=O)cc1. The van der Waals surface area contributed by atoms with Gasteiger partial charge >= 0.3 is 5.97 Å². The number of carbonyl (C=O) groups excluding carboxylic acids is 2. The largest absolute Gasteiger partial charge is 0.484 e. The number of rotatable bonds is 6. The van der Waals surface area contributed by atoms with Gasteiger partial charge < -0.3 is 25.7 Å². The molecule has 26 heavy (non-hydrogen) atoms. The van der Waals surface area contributed by atoms with E-state index in [1.165, 1.54) is 0 Å². The molecule has 1 heterocycles. The topological polar surface area (TPSA) is 138 Å². The van der Waals surface area contributed by atoms with Gasteiger partial charge in [0.25, 0.3) is 5.91 Å². The average Bonchev–Trinajstić information content (AvgIpc) is 2.60. The maximum atomic E-state index is 12.4. The van der Waals surface area contributed by atoms with E-state index in [-0.39, 0.29) is 30.2 Å². The summed E-state index contributed by atoms with van der Waals surface area (Å²) in [4.78, 5) is 23.1. The van der Waals surface area contributed by atoms with Crippen molar-refractivity contribution in [3.63, 3.8) is 0 Å². The highest BCUT2D eigenvalue weighted by atomic mass is 16.5. The number of carbonyl (C=O) groups is 2. The lowest BCUT2D eigenvalue weighted by molar-refractivity contribution is -0.139. The Labute approximate surface area is 150 Å². The van der Waals surface area contributed by atoms with Crippen molar-refractivity contribution >= 4 is 11.9 Å². The van der Waals surface area contributed by atoms with Crippen LogP contribution >= 0.6 is 0 Å². The molecule has 0 aromatic heterocycles. The number of primary amides is 1. The molecule has 1 aliphatic heterocycles. The van der Waals surface area contributed by atoms with Crippen LogP contribution in [0.1, 0.15) is 25.3 Å². The maximum Gasteiger partial charge on any atom is 0.340 e. The molecule has 0 bridgehead atoms. The minimum Gasteiger partial charge on any atom is -0.484 e. The number of amides is 1. The van der Waals surface area contributed by atoms with E-state index in [4.69, 9.17) is 25.7 Å². The predicted molar refractivity (Wildman–Crippen MR) is 91.1 cm³/mol. The lowest BCUT2D eigenvalue weighted by Crippen LogP contribution is -2.26. The molecule has 0 saturated heterocycles. The molecule has 0 radical (unpaired) electrons. The molecule has 8 heteroatoms. The van der Waals surface area contributed by atoms with Crippen molar-refractivity contribution in [1.29, 1.82) is 5.26 Å². The van der Waals surface area contributed by atoms with Gasteiger partial charge in [-0.05, 0) is 31.5 Å². The summed E-state index contributed by atoms with van der Waals surface area (Å²) in [7, 11) is 0. The molecule has 0 spiro atoms. The summed E-state index contributed by atoms with van der Waals surface area (Å²) >= 11 is 0. The summed E-state index contributed by atoms with van der Waals surface area (Å²) < 4.78 is 15.6. The zero-order valence-electron chi connectivity index (χ0n) is 14.4. The van der Waals surface area contributed by atoms with Crippen LogP contribution in [0.5, 0.6) is 5.75 Å². The Morgan fingerprint density at radius 1 is 1.31 bits per heavy atom. The van der Waals surface area contributed by atoms with E-state index < -0.39 is 17.8 Å². The fourth-order valence-electron chi connectivity index (χ4n) is 2.58. The molecule has 2 rings (SSSR count). The van der Waals surface area contributed by atoms with Crippen LogP contribution in [0.15, 0.2) is 47.1 Å². The second kappa shape index (κ2) is 8.07. The second-order valence-electron chi connectivity index (χ2n) is 5.44. The van der Waals surface area contributed by atoms with Gasteiger partial charge in [0.15, 0.2) is 6.61 Å². The third kappa shape index (κ3) is 3.95. The monoisotopic (exact) mass is 357 g/mol. The Bertz CT molecular complexity index is 818. The van der Waals surface area contributed by atoms with Gasteiger partial charge in [0, 0.05) is 0 Å². The van der Waals surface area contributed by atoms with Crippen LogP contribution in [0.2, 0.25) is 0 Å². The van der Waals surface area contributed by atoms with Crippen LogP contribution in [0.3, 0.4) is 0 Å². The molecule has 1 aromatic carbocycles. The highest BCUT2D eigenvalue weighted by Gasteiger charge is 2.36. The molecule has 1 aliphatic rings. The zero-order chi connectivity index (χ0) is 19.3. The smallest absolute Gasteiger partial charge is 0.340 e. The summed E-state index contributed by atoms with van der Waals surface area (Å²) in [5, 5.41) is 9.53. The lowest BCUT2D eigenvalue weighted by atomic mass is 9.83. The van der Waals surface area contributed by atoms with Crippen LogP contribution in [0.4, 0.5) is 0 Å². The van der Waals surface area contributed by atoms with Crippen molar-refractivity contribution in [3.05, 3.63) is 52.6 Å². The molecule has 8 nitrogen and oxygen atoms in total. The highest BCUT2D eigenvalue weighted by molar-refractivity contribution is 5.92. The van der Waals surface area contributed by atoms with E-state index in [2.05, 4.69) is 6.07 Å². The van der Waals surface area contributed by atoms with Crippen LogP contribution in [0.25, 0.3) is 0 Å². The number of nitrogens with zero attached hydrogens (tertiary/aromatic N) is 1. The number of esters is 1. The average molecular weight is 357 g/mol. The minimum absolute atomic E-state index is 0.0693. The first kappa shape index (κ1) is 18.9. The quantitative estimate of drug-likeness (QED) is 0.729. The number of hydrogen-bond donors (Lipinski definition) is 2. The first-order valence-corrected chi connectivity index (χ1v) is 7.85. The normalized spacial score (nSPS) is 16.6. The highest BCUT2D eigenvalue weighted by Crippen LogP contribution is 2.39. The third-order valence-electron chi connectivity index (χ3n) is 3.70. The number of nitriles is 1. The summed E-state index contributed by atoms with van der Waals surface area (Å²) in [6.07, 6.45) is 0. The molecule has 136 valence electrons. The van der Waals surface area contributed by atoms with Crippen molar-refractivity contribution in [2.45, 2.75) is 19.8 Å². The molecule has 1 atom stereocenters. The first-order valence-electron chi connectivity index (χ1n) is 7.85. The van der Waals surface area contributed by atoms with Crippen LogP contribution in [-0.4, -0.2) is 25.1 Å². The molecule has 4 N–H and O–H groups in total. The first-order chi connectivity index (χ1) is 12.4. The van der Waals surface area contributed by atoms with Crippen molar-refractivity contribution in [2.24, 2.45) is 11.5 Å².